The Labute approximate surface area is 115 Å². The van der Waals surface area contributed by atoms with E-state index in [1.807, 2.05) is 42.5 Å². The van der Waals surface area contributed by atoms with Crippen molar-refractivity contribution in [2.75, 3.05) is 7.11 Å². The molecule has 1 atom stereocenters. The molecule has 20 heavy (non-hydrogen) atoms. The lowest BCUT2D eigenvalue weighted by molar-refractivity contribution is -0.143. The van der Waals surface area contributed by atoms with E-state index in [1.165, 1.54) is 7.11 Å². The number of rotatable bonds is 2. The summed E-state index contributed by atoms with van der Waals surface area (Å²) in [6, 6.07) is 11.5. The maximum atomic E-state index is 12.4. The number of aliphatic imine (C=N–C) groups is 1. The molecule has 2 heterocycles. The fraction of sp³-hybridized carbons (Fsp3) is 0.125. The van der Waals surface area contributed by atoms with E-state index in [1.54, 1.807) is 6.08 Å². The molecule has 0 saturated heterocycles. The van der Waals surface area contributed by atoms with Crippen molar-refractivity contribution in [3.8, 4) is 0 Å². The summed E-state index contributed by atoms with van der Waals surface area (Å²) in [6.45, 7) is 0. The predicted octanol–water partition coefficient (Wildman–Crippen LogP) is 2.85. The van der Waals surface area contributed by atoms with Gasteiger partial charge in [0.15, 0.2) is 5.41 Å². The van der Waals surface area contributed by atoms with Gasteiger partial charge in [-0.15, -0.1) is 0 Å². The van der Waals surface area contributed by atoms with Gasteiger partial charge in [-0.1, -0.05) is 36.4 Å². The number of esters is 1. The van der Waals surface area contributed by atoms with Gasteiger partial charge in [-0.05, 0) is 17.7 Å². The number of benzene rings is 1. The molecular weight excluding hydrogens is 254 g/mol. The molecule has 1 aromatic carbocycles. The molecule has 4 nitrogen and oxygen atoms in total. The van der Waals surface area contributed by atoms with Gasteiger partial charge in [0.1, 0.15) is 5.76 Å². The van der Waals surface area contributed by atoms with Gasteiger partial charge in [-0.2, -0.15) is 0 Å². The molecule has 4 rings (SSSR count). The fourth-order valence-electron chi connectivity index (χ4n) is 2.86. The van der Waals surface area contributed by atoms with Gasteiger partial charge in [-0.3, -0.25) is 4.79 Å². The van der Waals surface area contributed by atoms with E-state index in [0.29, 0.717) is 17.4 Å². The lowest BCUT2D eigenvalue weighted by atomic mass is 9.74. The standard InChI is InChI=1S/C16H11NO3/c1-19-15(18)16-8-7-11-9-12(16)14(20-11)17-13(16)10-5-3-2-4-6-10/h2-9H,1H3. The Morgan fingerprint density at radius 1 is 1.30 bits per heavy atom. The first-order valence-electron chi connectivity index (χ1n) is 6.32. The highest BCUT2D eigenvalue weighted by molar-refractivity contribution is 6.25. The van der Waals surface area contributed by atoms with E-state index in [2.05, 4.69) is 4.99 Å². The van der Waals surface area contributed by atoms with Crippen LogP contribution >= 0.6 is 0 Å². The van der Waals surface area contributed by atoms with Crippen molar-refractivity contribution in [2.45, 2.75) is 5.41 Å². The zero-order chi connectivity index (χ0) is 13.7. The van der Waals surface area contributed by atoms with Gasteiger partial charge >= 0.3 is 5.97 Å². The van der Waals surface area contributed by atoms with Gasteiger partial charge < -0.3 is 9.15 Å². The third-order valence-electron chi connectivity index (χ3n) is 3.80. The van der Waals surface area contributed by atoms with Crippen LogP contribution in [0.3, 0.4) is 0 Å². The summed E-state index contributed by atoms with van der Waals surface area (Å²) in [5.74, 6) is 0.863. The second-order valence-corrected chi connectivity index (χ2v) is 4.83. The van der Waals surface area contributed by atoms with Crippen LogP contribution in [-0.2, 0) is 14.9 Å². The average Bonchev–Trinajstić information content (AvgIpc) is 2.98. The number of carbonyl (C=O) groups excluding carboxylic acids is 1. The number of methoxy groups -OCH3 is 1. The predicted molar refractivity (Wildman–Crippen MR) is 74.1 cm³/mol. The van der Waals surface area contributed by atoms with Crippen LogP contribution in [0.4, 0.5) is 5.88 Å². The maximum absolute atomic E-state index is 12.4. The number of furan rings is 1. The van der Waals surface area contributed by atoms with Crippen LogP contribution in [0.2, 0.25) is 0 Å². The second-order valence-electron chi connectivity index (χ2n) is 4.83. The molecule has 1 aliphatic carbocycles. The molecule has 4 heteroatoms. The van der Waals surface area contributed by atoms with Crippen LogP contribution in [0, 0.1) is 0 Å². The number of ether oxygens (including phenoxy) is 1. The highest BCUT2D eigenvalue weighted by Crippen LogP contribution is 2.49. The van der Waals surface area contributed by atoms with Crippen molar-refractivity contribution in [1.82, 2.24) is 0 Å². The molecule has 1 aliphatic heterocycles. The molecule has 0 radical (unpaired) electrons. The van der Waals surface area contributed by atoms with E-state index in [9.17, 15) is 4.79 Å². The molecule has 98 valence electrons. The zero-order valence-electron chi connectivity index (χ0n) is 10.8. The third kappa shape index (κ3) is 1.20. The van der Waals surface area contributed by atoms with E-state index in [0.717, 1.165) is 11.1 Å². The lowest BCUT2D eigenvalue weighted by Crippen LogP contribution is -2.41. The number of nitrogens with zero attached hydrogens (tertiary/aromatic N) is 1. The van der Waals surface area contributed by atoms with Crippen LogP contribution in [0.1, 0.15) is 16.9 Å². The molecule has 1 aromatic heterocycles. The van der Waals surface area contributed by atoms with E-state index < -0.39 is 5.41 Å². The highest BCUT2D eigenvalue weighted by Gasteiger charge is 2.53. The minimum absolute atomic E-state index is 0.345. The first-order chi connectivity index (χ1) is 9.75. The van der Waals surface area contributed by atoms with Gasteiger partial charge in [-0.25, -0.2) is 4.99 Å². The van der Waals surface area contributed by atoms with Crippen LogP contribution in [0.5, 0.6) is 0 Å². The van der Waals surface area contributed by atoms with Crippen molar-refractivity contribution >= 4 is 23.6 Å². The van der Waals surface area contributed by atoms with Crippen LogP contribution in [0.25, 0.3) is 6.08 Å². The largest absolute Gasteiger partial charge is 0.468 e. The maximum Gasteiger partial charge on any atom is 0.326 e. The highest BCUT2D eigenvalue weighted by atomic mass is 16.5. The van der Waals surface area contributed by atoms with Gasteiger partial charge in [0, 0.05) is 5.56 Å². The summed E-state index contributed by atoms with van der Waals surface area (Å²) in [4.78, 5) is 17.0. The summed E-state index contributed by atoms with van der Waals surface area (Å²) in [5.41, 5.74) is 1.32. The number of hydrogen-bond acceptors (Lipinski definition) is 4. The average molecular weight is 265 g/mol. The van der Waals surface area contributed by atoms with Gasteiger partial charge in [0.2, 0.25) is 5.88 Å². The summed E-state index contributed by atoms with van der Waals surface area (Å²) in [5, 5.41) is 0. The second kappa shape index (κ2) is 3.70. The minimum atomic E-state index is -0.981. The first-order valence-corrected chi connectivity index (χ1v) is 6.32. The van der Waals surface area contributed by atoms with Crippen LogP contribution < -0.4 is 0 Å². The van der Waals surface area contributed by atoms with Crippen molar-refractivity contribution in [3.05, 3.63) is 59.4 Å². The van der Waals surface area contributed by atoms with E-state index in [-0.39, 0.29) is 5.97 Å². The Morgan fingerprint density at radius 2 is 2.10 bits per heavy atom. The Kier molecular flexibility index (Phi) is 2.07. The molecule has 2 aliphatic rings. The zero-order valence-corrected chi connectivity index (χ0v) is 10.8. The Balaban J connectivity index is 2.00. The van der Waals surface area contributed by atoms with Crippen LogP contribution in [0.15, 0.2) is 51.9 Å². The third-order valence-corrected chi connectivity index (χ3v) is 3.80. The van der Waals surface area contributed by atoms with Gasteiger partial charge in [0.05, 0.1) is 12.8 Å². The molecule has 1 unspecified atom stereocenters. The SMILES string of the molecule is COC(=O)C12C=Cc3cc1c(o3)N=C2c1ccccc1. The summed E-state index contributed by atoms with van der Waals surface area (Å²) >= 11 is 0. The fourth-order valence-corrected chi connectivity index (χ4v) is 2.86. The van der Waals surface area contributed by atoms with Crippen molar-refractivity contribution in [3.63, 3.8) is 0 Å². The molecule has 0 saturated carbocycles. The summed E-state index contributed by atoms with van der Waals surface area (Å²) < 4.78 is 10.6. The Hall–Kier alpha value is -2.62. The van der Waals surface area contributed by atoms with Gasteiger partial charge in [0.25, 0.3) is 0 Å². The molecular formula is C16H11NO3. The Bertz CT molecular complexity index is 770. The molecule has 2 bridgehead atoms. The molecule has 0 fully saturated rings. The molecule has 0 spiro atoms. The van der Waals surface area contributed by atoms with Crippen LogP contribution in [-0.4, -0.2) is 18.8 Å². The number of fused-ring (bicyclic) bond motifs is 1. The Morgan fingerprint density at radius 3 is 2.85 bits per heavy atom. The lowest BCUT2D eigenvalue weighted by Gasteiger charge is -2.26. The van der Waals surface area contributed by atoms with E-state index >= 15 is 0 Å². The number of carbonyl (C=O) groups is 1. The number of hydrogen-bond donors (Lipinski definition) is 0. The van der Waals surface area contributed by atoms with Crippen molar-refractivity contribution in [2.24, 2.45) is 4.99 Å². The quantitative estimate of drug-likeness (QED) is 0.784. The topological polar surface area (TPSA) is 51.8 Å². The normalized spacial score (nSPS) is 21.8. The monoisotopic (exact) mass is 265 g/mol. The summed E-state index contributed by atoms with van der Waals surface area (Å²) in [7, 11) is 1.39. The molecule has 0 N–H and O–H groups in total. The van der Waals surface area contributed by atoms with E-state index in [4.69, 9.17) is 9.15 Å². The molecule has 2 aromatic rings. The molecule has 0 amide bonds. The van der Waals surface area contributed by atoms with Crippen molar-refractivity contribution < 1.29 is 13.9 Å². The van der Waals surface area contributed by atoms with Crippen molar-refractivity contribution in [1.29, 1.82) is 0 Å². The first kappa shape index (κ1) is 11.2. The summed E-state index contributed by atoms with van der Waals surface area (Å²) in [6.07, 6.45) is 3.61. The minimum Gasteiger partial charge on any atom is -0.468 e. The smallest absolute Gasteiger partial charge is 0.326 e.